The zero-order chi connectivity index (χ0) is 31.0. The Kier molecular flexibility index (Phi) is 7.67. The number of aryl methyl sites for hydroxylation is 1. The van der Waals surface area contributed by atoms with Gasteiger partial charge in [-0.3, -0.25) is 14.2 Å². The monoisotopic (exact) mass is 594 g/mol. The Labute approximate surface area is 254 Å². The van der Waals surface area contributed by atoms with Crippen molar-refractivity contribution in [3.63, 3.8) is 0 Å². The number of hydrogen-bond donors (Lipinski definition) is 2. The molecule has 3 aromatic carbocycles. The number of carbonyl (C=O) groups is 2. The Morgan fingerprint density at radius 1 is 1.02 bits per heavy atom. The normalized spacial score (nSPS) is 15.2. The van der Waals surface area contributed by atoms with Crippen molar-refractivity contribution in [1.29, 1.82) is 0 Å². The van der Waals surface area contributed by atoms with Gasteiger partial charge in [-0.2, -0.15) is 10.2 Å². The maximum Gasteiger partial charge on any atom is 0.335 e. The molecule has 1 atom stereocenters. The molecule has 5 aromatic rings. The van der Waals surface area contributed by atoms with Gasteiger partial charge in [-0.15, -0.1) is 0 Å². The third-order valence-electron chi connectivity index (χ3n) is 8.17. The van der Waals surface area contributed by atoms with Crippen molar-refractivity contribution in [3.05, 3.63) is 95.9 Å². The molecule has 1 amide bonds. The number of nitrogens with zero attached hydrogens (tertiary/aromatic N) is 5. The summed E-state index contributed by atoms with van der Waals surface area (Å²) in [6.45, 7) is 8.50. The van der Waals surface area contributed by atoms with Gasteiger partial charge in [-0.25, -0.2) is 9.18 Å². The molecule has 0 spiro atoms. The molecule has 44 heavy (non-hydrogen) atoms. The molecule has 1 fully saturated rings. The van der Waals surface area contributed by atoms with Gasteiger partial charge in [0.05, 0.1) is 34.1 Å². The van der Waals surface area contributed by atoms with Gasteiger partial charge < -0.3 is 15.3 Å². The number of hydrogen-bond acceptors (Lipinski definition) is 5. The first-order chi connectivity index (χ1) is 21.1. The molecule has 0 bridgehead atoms. The highest BCUT2D eigenvalue weighted by Crippen LogP contribution is 2.32. The standard InChI is InChI=1S/C34H35FN6O3/c1-34(2,3)41-30(23-8-12-25(35)13-9-23)28(20-36-41)32(42)37-31-27-6-4-5-7-29(27)40(38-31)19-17-22-16-18-39(21-22)26-14-10-24(11-15-26)33(43)44/h4-15,20,22H,16-19,21H2,1-3H3,(H,43,44)(H,37,38,42). The number of fused-ring (bicyclic) bond motifs is 1. The van der Waals surface area contributed by atoms with Crippen LogP contribution in [-0.4, -0.2) is 49.6 Å². The summed E-state index contributed by atoms with van der Waals surface area (Å²) in [6, 6.07) is 21.0. The lowest BCUT2D eigenvalue weighted by Gasteiger charge is -2.23. The lowest BCUT2D eigenvalue weighted by molar-refractivity contribution is 0.0696. The van der Waals surface area contributed by atoms with E-state index in [9.17, 15) is 19.1 Å². The second-order valence-corrected chi connectivity index (χ2v) is 12.3. The van der Waals surface area contributed by atoms with Crippen molar-refractivity contribution in [2.75, 3.05) is 23.3 Å². The van der Waals surface area contributed by atoms with Crippen LogP contribution in [0.2, 0.25) is 0 Å². The van der Waals surface area contributed by atoms with E-state index in [0.717, 1.165) is 42.5 Å². The van der Waals surface area contributed by atoms with Crippen molar-refractivity contribution in [2.24, 2.45) is 5.92 Å². The fraction of sp³-hybridized carbons (Fsp3) is 0.294. The van der Waals surface area contributed by atoms with E-state index < -0.39 is 11.5 Å². The second kappa shape index (κ2) is 11.6. The second-order valence-electron chi connectivity index (χ2n) is 12.3. The molecule has 1 aliphatic rings. The van der Waals surface area contributed by atoms with Crippen LogP contribution in [0.4, 0.5) is 15.9 Å². The number of anilines is 2. The van der Waals surface area contributed by atoms with Crippen molar-refractivity contribution in [1.82, 2.24) is 19.6 Å². The smallest absolute Gasteiger partial charge is 0.335 e. The molecule has 2 aromatic heterocycles. The maximum atomic E-state index is 13.7. The van der Waals surface area contributed by atoms with Crippen LogP contribution in [0.5, 0.6) is 0 Å². The number of nitrogens with one attached hydrogen (secondary N) is 1. The minimum Gasteiger partial charge on any atom is -0.478 e. The number of carboxylic acid groups (broad SMARTS) is 1. The summed E-state index contributed by atoms with van der Waals surface area (Å²) in [5, 5.41) is 22.4. The van der Waals surface area contributed by atoms with Gasteiger partial charge in [0.2, 0.25) is 0 Å². The molecule has 1 aliphatic heterocycles. The maximum absolute atomic E-state index is 13.7. The molecule has 2 N–H and O–H groups in total. The largest absolute Gasteiger partial charge is 0.478 e. The topological polar surface area (TPSA) is 105 Å². The van der Waals surface area contributed by atoms with E-state index in [1.807, 2.05) is 61.9 Å². The summed E-state index contributed by atoms with van der Waals surface area (Å²) < 4.78 is 17.5. The summed E-state index contributed by atoms with van der Waals surface area (Å²) in [7, 11) is 0. The summed E-state index contributed by atoms with van der Waals surface area (Å²) in [6.07, 6.45) is 3.50. The predicted octanol–water partition coefficient (Wildman–Crippen LogP) is 6.66. The van der Waals surface area contributed by atoms with Crippen molar-refractivity contribution in [3.8, 4) is 11.3 Å². The molecular formula is C34H35FN6O3. The Morgan fingerprint density at radius 3 is 2.45 bits per heavy atom. The van der Waals surface area contributed by atoms with Gasteiger partial charge in [-0.1, -0.05) is 12.1 Å². The van der Waals surface area contributed by atoms with Crippen molar-refractivity contribution < 1.29 is 19.1 Å². The van der Waals surface area contributed by atoms with Gasteiger partial charge in [0.15, 0.2) is 5.82 Å². The Morgan fingerprint density at radius 2 is 1.75 bits per heavy atom. The third kappa shape index (κ3) is 5.79. The quantitative estimate of drug-likeness (QED) is 0.208. The summed E-state index contributed by atoms with van der Waals surface area (Å²) in [4.78, 5) is 27.2. The van der Waals surface area contributed by atoms with E-state index in [1.54, 1.807) is 35.1 Å². The van der Waals surface area contributed by atoms with E-state index in [-0.39, 0.29) is 17.3 Å². The zero-order valence-corrected chi connectivity index (χ0v) is 25.0. The first-order valence-electron chi connectivity index (χ1n) is 14.8. The summed E-state index contributed by atoms with van der Waals surface area (Å²) in [5.74, 6) is -0.678. The average Bonchev–Trinajstić information content (AvgIpc) is 3.74. The van der Waals surface area contributed by atoms with Crippen LogP contribution in [0, 0.1) is 11.7 Å². The molecule has 9 nitrogen and oxygen atoms in total. The average molecular weight is 595 g/mol. The highest BCUT2D eigenvalue weighted by molar-refractivity contribution is 6.10. The van der Waals surface area contributed by atoms with Gasteiger partial charge in [0.25, 0.3) is 5.91 Å². The molecule has 6 rings (SSSR count). The fourth-order valence-electron chi connectivity index (χ4n) is 5.90. The first-order valence-corrected chi connectivity index (χ1v) is 14.8. The van der Waals surface area contributed by atoms with Crippen LogP contribution in [0.25, 0.3) is 22.2 Å². The fourth-order valence-corrected chi connectivity index (χ4v) is 5.90. The molecule has 0 saturated carbocycles. The predicted molar refractivity (Wildman–Crippen MR) is 169 cm³/mol. The number of aromatic carboxylic acids is 1. The minimum absolute atomic E-state index is 0.285. The minimum atomic E-state index is -0.925. The van der Waals surface area contributed by atoms with Crippen LogP contribution < -0.4 is 10.2 Å². The highest BCUT2D eigenvalue weighted by atomic mass is 19.1. The van der Waals surface area contributed by atoms with Crippen LogP contribution in [0.15, 0.2) is 79.0 Å². The molecule has 0 aliphatic carbocycles. The van der Waals surface area contributed by atoms with E-state index >= 15 is 0 Å². The number of carboxylic acids is 1. The van der Waals surface area contributed by atoms with Crippen molar-refractivity contribution in [2.45, 2.75) is 45.7 Å². The van der Waals surface area contributed by atoms with Crippen LogP contribution in [0.1, 0.15) is 54.3 Å². The first kappa shape index (κ1) is 29.1. The number of benzene rings is 3. The molecular weight excluding hydrogens is 559 g/mol. The van der Waals surface area contributed by atoms with Crippen molar-refractivity contribution >= 4 is 34.3 Å². The van der Waals surface area contributed by atoms with E-state index in [0.29, 0.717) is 35.1 Å². The zero-order valence-electron chi connectivity index (χ0n) is 25.0. The number of amides is 1. The molecule has 1 unspecified atom stereocenters. The number of halogens is 1. The van der Waals surface area contributed by atoms with Crippen LogP contribution in [0.3, 0.4) is 0 Å². The number of para-hydroxylation sites is 1. The summed E-state index contributed by atoms with van der Waals surface area (Å²) >= 11 is 0. The number of carbonyl (C=O) groups excluding carboxylic acids is 1. The Hall–Kier alpha value is -4.99. The van der Waals surface area contributed by atoms with E-state index in [2.05, 4.69) is 15.3 Å². The lowest BCUT2D eigenvalue weighted by atomic mass is 10.0. The van der Waals surface area contributed by atoms with E-state index in [4.69, 9.17) is 5.10 Å². The van der Waals surface area contributed by atoms with Crippen LogP contribution >= 0.6 is 0 Å². The third-order valence-corrected chi connectivity index (χ3v) is 8.17. The lowest BCUT2D eigenvalue weighted by Crippen LogP contribution is -2.24. The molecule has 1 saturated heterocycles. The van der Waals surface area contributed by atoms with Gasteiger partial charge in [0, 0.05) is 36.3 Å². The van der Waals surface area contributed by atoms with E-state index in [1.165, 1.54) is 12.1 Å². The Balaban J connectivity index is 1.20. The number of rotatable bonds is 8. The molecule has 226 valence electrons. The van der Waals surface area contributed by atoms with Gasteiger partial charge in [0.1, 0.15) is 5.82 Å². The van der Waals surface area contributed by atoms with Gasteiger partial charge >= 0.3 is 5.97 Å². The Bertz CT molecular complexity index is 1820. The van der Waals surface area contributed by atoms with Gasteiger partial charge in [-0.05, 0) is 100 Å². The molecule has 0 radical (unpaired) electrons. The van der Waals surface area contributed by atoms with Crippen LogP contribution in [-0.2, 0) is 12.1 Å². The highest BCUT2D eigenvalue weighted by Gasteiger charge is 2.27. The SMILES string of the molecule is CC(C)(C)n1ncc(C(=O)Nc2nn(CCC3CCN(c4ccc(C(=O)O)cc4)C3)c3ccccc23)c1-c1ccc(F)cc1. The number of aromatic nitrogens is 4. The summed E-state index contributed by atoms with van der Waals surface area (Å²) in [5.41, 5.74) is 3.53. The molecule has 10 heteroatoms. The molecule has 3 heterocycles.